The zero-order valence-corrected chi connectivity index (χ0v) is 31.8. The summed E-state index contributed by atoms with van der Waals surface area (Å²) in [5, 5.41) is 13.7. The van der Waals surface area contributed by atoms with Crippen molar-refractivity contribution in [3.63, 3.8) is 0 Å². The molecule has 0 radical (unpaired) electrons. The molecule has 0 bridgehead atoms. The van der Waals surface area contributed by atoms with Gasteiger partial charge in [-0.1, -0.05) is 71.7 Å². The Kier molecular flexibility index (Phi) is 11.6. The Balaban J connectivity index is 1.03. The van der Waals surface area contributed by atoms with Gasteiger partial charge in [-0.15, -0.1) is 0 Å². The van der Waals surface area contributed by atoms with E-state index < -0.39 is 5.97 Å². The molecule has 2 aliphatic heterocycles. The average molecular weight is 775 g/mol. The third kappa shape index (κ3) is 8.44. The number of aryl methyl sites for hydroxylation is 1. The van der Waals surface area contributed by atoms with Crippen LogP contribution >= 0.6 is 23.2 Å². The van der Waals surface area contributed by atoms with E-state index in [2.05, 4.69) is 10.2 Å². The second-order valence-electron chi connectivity index (χ2n) is 14.7. The highest BCUT2D eigenvalue weighted by Crippen LogP contribution is 2.33. The number of para-hydroxylation sites is 1. The van der Waals surface area contributed by atoms with Crippen LogP contribution in [-0.2, 0) is 39.1 Å². The number of piperazine rings is 1. The van der Waals surface area contributed by atoms with E-state index in [0.717, 1.165) is 16.5 Å². The van der Waals surface area contributed by atoms with Gasteiger partial charge in [0.05, 0.1) is 53.9 Å². The minimum absolute atomic E-state index is 0.00712. The number of hydrogen-bond donors (Lipinski definition) is 2. The number of hydrogen-bond acceptors (Lipinski definition) is 6. The number of benzene rings is 3. The van der Waals surface area contributed by atoms with Crippen molar-refractivity contribution in [3.05, 3.63) is 99.7 Å². The van der Waals surface area contributed by atoms with Crippen molar-refractivity contribution in [1.29, 1.82) is 0 Å². The van der Waals surface area contributed by atoms with Gasteiger partial charge in [0.25, 0.3) is 5.91 Å². The quantitative estimate of drug-likeness (QED) is 0.185. The molecule has 2 N–H and O–H groups in total. The van der Waals surface area contributed by atoms with E-state index in [9.17, 15) is 24.3 Å². The molecule has 1 aliphatic carbocycles. The number of rotatable bonds is 11. The van der Waals surface area contributed by atoms with Crippen LogP contribution in [0.4, 0.5) is 5.69 Å². The van der Waals surface area contributed by atoms with Crippen LogP contribution in [-0.4, -0.2) is 99.0 Å². The Morgan fingerprint density at radius 3 is 2.43 bits per heavy atom. The summed E-state index contributed by atoms with van der Waals surface area (Å²) in [6.45, 7) is 2.91. The smallest absolute Gasteiger partial charge is 0.306 e. The molecule has 2 saturated heterocycles. The van der Waals surface area contributed by atoms with E-state index in [4.69, 9.17) is 27.9 Å². The summed E-state index contributed by atoms with van der Waals surface area (Å²) >= 11 is 13.4. The lowest BCUT2D eigenvalue weighted by molar-refractivity contribution is -0.144. The van der Waals surface area contributed by atoms with Gasteiger partial charge in [-0.2, -0.15) is 0 Å². The second-order valence-corrected chi connectivity index (χ2v) is 15.5. The molecule has 284 valence electrons. The number of carbonyl (C=O) groups excluding carboxylic acids is 3. The summed E-state index contributed by atoms with van der Waals surface area (Å²) < 4.78 is 8.25. The maximum Gasteiger partial charge on any atom is 0.306 e. The van der Waals surface area contributed by atoms with Crippen LogP contribution in [0.25, 0.3) is 10.9 Å². The number of carbonyl (C=O) groups is 4. The van der Waals surface area contributed by atoms with Gasteiger partial charge in [-0.25, -0.2) is 0 Å². The highest BCUT2D eigenvalue weighted by Gasteiger charge is 2.41. The van der Waals surface area contributed by atoms with E-state index in [1.165, 1.54) is 0 Å². The molecule has 7 rings (SSSR count). The number of nitrogens with zero attached hydrogens (tertiary/aromatic N) is 4. The number of aliphatic carboxylic acids is 1. The third-order valence-electron chi connectivity index (χ3n) is 11.2. The molecule has 1 saturated carbocycles. The molecule has 54 heavy (non-hydrogen) atoms. The molecule has 1 aromatic heterocycles. The lowest BCUT2D eigenvalue weighted by Gasteiger charge is -2.37. The summed E-state index contributed by atoms with van der Waals surface area (Å²) in [5.74, 6) is -1.50. The fraction of sp³-hybridized carbons (Fsp3) is 0.415. The van der Waals surface area contributed by atoms with E-state index >= 15 is 0 Å². The number of ether oxygens (including phenoxy) is 1. The number of halogens is 2. The van der Waals surface area contributed by atoms with E-state index in [-0.39, 0.29) is 59.8 Å². The number of nitrogens with one attached hydrogen (secondary N) is 1. The number of amides is 3. The first kappa shape index (κ1) is 37.9. The normalized spacial score (nSPS) is 22.2. The summed E-state index contributed by atoms with van der Waals surface area (Å²) in [7, 11) is 1.88. The summed E-state index contributed by atoms with van der Waals surface area (Å²) in [6, 6.07) is 20.5. The molecule has 3 fully saturated rings. The Morgan fingerprint density at radius 2 is 1.69 bits per heavy atom. The maximum absolute atomic E-state index is 14.1. The van der Waals surface area contributed by atoms with Crippen molar-refractivity contribution in [2.24, 2.45) is 13.0 Å². The van der Waals surface area contributed by atoms with Gasteiger partial charge < -0.3 is 29.5 Å². The maximum atomic E-state index is 14.1. The van der Waals surface area contributed by atoms with Gasteiger partial charge in [-0.3, -0.25) is 24.1 Å². The summed E-state index contributed by atoms with van der Waals surface area (Å²) in [6.07, 6.45) is 4.82. The van der Waals surface area contributed by atoms with Crippen LogP contribution < -0.4 is 5.32 Å². The summed E-state index contributed by atoms with van der Waals surface area (Å²) in [4.78, 5) is 58.1. The topological polar surface area (TPSA) is 124 Å². The Bertz CT molecular complexity index is 2030. The SMILES string of the molecule is Cn1cc(C(=O)Nc2cc(Cl)c(CC(=O)N3C[C@@H](N4CCN(Cc5ccccc5)C(=O)C4)C[C@H]3COC3CCC(C(=O)O)CC3)cc2Cl)c2ccccc21. The molecule has 3 aromatic carbocycles. The monoisotopic (exact) mass is 773 g/mol. The van der Waals surface area contributed by atoms with Crippen molar-refractivity contribution < 1.29 is 29.0 Å². The fourth-order valence-electron chi connectivity index (χ4n) is 8.15. The Hall–Kier alpha value is -4.42. The first-order chi connectivity index (χ1) is 26.0. The molecule has 4 aromatic rings. The Labute approximate surface area is 324 Å². The first-order valence-corrected chi connectivity index (χ1v) is 19.3. The number of carboxylic acids is 1. The predicted octanol–water partition coefficient (Wildman–Crippen LogP) is 6.25. The zero-order chi connectivity index (χ0) is 37.9. The van der Waals surface area contributed by atoms with Crippen molar-refractivity contribution in [1.82, 2.24) is 19.3 Å². The van der Waals surface area contributed by atoms with Crippen LogP contribution in [0.3, 0.4) is 0 Å². The van der Waals surface area contributed by atoms with Crippen LogP contribution in [0, 0.1) is 5.92 Å². The van der Waals surface area contributed by atoms with E-state index in [0.29, 0.717) is 86.7 Å². The van der Waals surface area contributed by atoms with Gasteiger partial charge in [0.1, 0.15) is 0 Å². The van der Waals surface area contributed by atoms with Crippen LogP contribution in [0.2, 0.25) is 10.0 Å². The van der Waals surface area contributed by atoms with Gasteiger partial charge in [0.2, 0.25) is 11.8 Å². The molecule has 3 heterocycles. The second kappa shape index (κ2) is 16.5. The molecule has 3 aliphatic rings. The van der Waals surface area contributed by atoms with E-state index in [1.807, 2.05) is 76.0 Å². The Morgan fingerprint density at radius 1 is 0.944 bits per heavy atom. The molecule has 3 amide bonds. The van der Waals surface area contributed by atoms with Crippen LogP contribution in [0.1, 0.15) is 53.6 Å². The molecule has 0 spiro atoms. The first-order valence-electron chi connectivity index (χ1n) is 18.6. The predicted molar refractivity (Wildman–Crippen MR) is 208 cm³/mol. The number of aromatic nitrogens is 1. The zero-order valence-electron chi connectivity index (χ0n) is 30.3. The lowest BCUT2D eigenvalue weighted by atomic mass is 9.87. The van der Waals surface area contributed by atoms with Crippen molar-refractivity contribution in [3.8, 4) is 0 Å². The molecular weight excluding hydrogens is 729 g/mol. The molecule has 0 unspecified atom stereocenters. The van der Waals surface area contributed by atoms with Crippen molar-refractivity contribution >= 4 is 63.5 Å². The number of likely N-dealkylation sites (tertiary alicyclic amines) is 1. The standard InChI is InChI=1S/C41H45Cl2N5O6/c1-45-23-33(32-9-5-6-10-37(32)45)40(51)44-36-20-34(42)28(17-35(36)43)18-38(49)48-22-29(19-30(48)25-54-31-13-11-27(12-14-31)41(52)53)46-15-16-47(39(50)24-46)21-26-7-3-2-4-8-26/h2-10,17,20,23,27,29-31H,11-16,18-19,21-22,24-25H2,1H3,(H,44,51)(H,52,53)/t27?,29-,30-,31?/m0/s1. The van der Waals surface area contributed by atoms with Crippen LogP contribution in [0.15, 0.2) is 72.9 Å². The largest absolute Gasteiger partial charge is 0.481 e. The van der Waals surface area contributed by atoms with E-state index in [1.54, 1.807) is 18.3 Å². The molecular formula is C41H45Cl2N5O6. The average Bonchev–Trinajstić information content (AvgIpc) is 3.75. The molecule has 13 heteroatoms. The van der Waals surface area contributed by atoms with Crippen molar-refractivity contribution in [2.75, 3.05) is 38.1 Å². The number of fused-ring (bicyclic) bond motifs is 1. The number of carboxylic acid groups (broad SMARTS) is 1. The van der Waals surface area contributed by atoms with Crippen LogP contribution in [0.5, 0.6) is 0 Å². The summed E-state index contributed by atoms with van der Waals surface area (Å²) in [5.41, 5.74) is 3.40. The van der Waals surface area contributed by atoms with Gasteiger partial charge in [-0.05, 0) is 61.4 Å². The molecule has 11 nitrogen and oxygen atoms in total. The highest BCUT2D eigenvalue weighted by molar-refractivity contribution is 6.36. The highest BCUT2D eigenvalue weighted by atomic mass is 35.5. The minimum atomic E-state index is -0.763. The molecule has 2 atom stereocenters. The third-order valence-corrected chi connectivity index (χ3v) is 11.9. The lowest BCUT2D eigenvalue weighted by Crippen LogP contribution is -2.53. The van der Waals surface area contributed by atoms with Gasteiger partial charge in [0, 0.05) is 61.4 Å². The fourth-order valence-corrected chi connectivity index (χ4v) is 8.61. The van der Waals surface area contributed by atoms with Gasteiger partial charge in [0.15, 0.2) is 0 Å². The minimum Gasteiger partial charge on any atom is -0.481 e. The van der Waals surface area contributed by atoms with Gasteiger partial charge >= 0.3 is 5.97 Å². The number of anilines is 1. The van der Waals surface area contributed by atoms with Crippen molar-refractivity contribution in [2.45, 2.75) is 63.3 Å².